The van der Waals surface area contributed by atoms with Crippen molar-refractivity contribution in [1.29, 1.82) is 5.26 Å². The highest BCUT2D eigenvalue weighted by Gasteiger charge is 2.19. The van der Waals surface area contributed by atoms with Crippen molar-refractivity contribution in [1.82, 2.24) is 15.0 Å². The predicted molar refractivity (Wildman–Crippen MR) is 86.5 cm³/mol. The number of aryl methyl sites for hydroxylation is 1. The molecule has 0 aromatic carbocycles. The fourth-order valence-electron chi connectivity index (χ4n) is 2.36. The van der Waals surface area contributed by atoms with Crippen LogP contribution in [0.1, 0.15) is 49.6 Å². The lowest BCUT2D eigenvalue weighted by atomic mass is 9.99. The third-order valence-electron chi connectivity index (χ3n) is 3.49. The summed E-state index contributed by atoms with van der Waals surface area (Å²) >= 11 is 0. The quantitative estimate of drug-likeness (QED) is 0.883. The Morgan fingerprint density at radius 2 is 2.14 bits per heavy atom. The van der Waals surface area contributed by atoms with Gasteiger partial charge in [-0.15, -0.1) is 0 Å². The van der Waals surface area contributed by atoms with Crippen molar-refractivity contribution in [3.63, 3.8) is 0 Å². The predicted octanol–water partition coefficient (Wildman–Crippen LogP) is 3.44. The van der Waals surface area contributed by atoms with E-state index in [0.29, 0.717) is 23.4 Å². The average molecular weight is 295 g/mol. The van der Waals surface area contributed by atoms with Crippen LogP contribution in [0.25, 0.3) is 0 Å². The van der Waals surface area contributed by atoms with Gasteiger partial charge in [0.2, 0.25) is 5.95 Å². The molecule has 0 saturated carbocycles. The van der Waals surface area contributed by atoms with Crippen LogP contribution in [0.2, 0.25) is 0 Å². The number of pyridine rings is 1. The molecule has 2 aromatic rings. The maximum atomic E-state index is 9.54. The zero-order valence-electron chi connectivity index (χ0n) is 13.2. The molecule has 2 unspecified atom stereocenters. The summed E-state index contributed by atoms with van der Waals surface area (Å²) in [6.45, 7) is 6.17. The van der Waals surface area contributed by atoms with Gasteiger partial charge >= 0.3 is 0 Å². The van der Waals surface area contributed by atoms with Crippen LogP contribution < -0.4 is 5.32 Å². The lowest BCUT2D eigenvalue weighted by Crippen LogP contribution is -2.18. The van der Waals surface area contributed by atoms with E-state index in [1.54, 1.807) is 12.4 Å². The maximum Gasteiger partial charge on any atom is 0.223 e. The van der Waals surface area contributed by atoms with Crippen LogP contribution in [-0.2, 0) is 0 Å². The second-order valence-electron chi connectivity index (χ2n) is 5.41. The lowest BCUT2D eigenvalue weighted by Gasteiger charge is -2.16. The van der Waals surface area contributed by atoms with E-state index in [0.717, 1.165) is 18.4 Å². The van der Waals surface area contributed by atoms with Gasteiger partial charge in [-0.2, -0.15) is 5.26 Å². The summed E-state index contributed by atoms with van der Waals surface area (Å²) in [6, 6.07) is 8.17. The van der Waals surface area contributed by atoms with Gasteiger partial charge < -0.3 is 5.32 Å². The van der Waals surface area contributed by atoms with Crippen molar-refractivity contribution in [2.24, 2.45) is 0 Å². The third kappa shape index (κ3) is 3.79. The molecule has 1 N–H and O–H groups in total. The molecule has 0 bridgehead atoms. The highest BCUT2D eigenvalue weighted by molar-refractivity contribution is 5.38. The molecular weight excluding hydrogens is 274 g/mol. The molecule has 0 fully saturated rings. The summed E-state index contributed by atoms with van der Waals surface area (Å²) in [6.07, 6.45) is 5.60. The first-order valence-electron chi connectivity index (χ1n) is 7.56. The van der Waals surface area contributed by atoms with E-state index in [4.69, 9.17) is 0 Å². The molecule has 2 aromatic heterocycles. The van der Waals surface area contributed by atoms with E-state index in [1.165, 1.54) is 0 Å². The van der Waals surface area contributed by atoms with E-state index in [9.17, 15) is 5.26 Å². The molecule has 22 heavy (non-hydrogen) atoms. The standard InChI is InChI=1S/C17H21N5/c1-4-7-13(3)21-17-20-11-12(2)16(22-17)14(10-18)15-8-5-6-9-19-15/h5-6,8-9,11,13-14H,4,7H2,1-3H3,(H,20,21,22). The Kier molecular flexibility index (Phi) is 5.42. The maximum absolute atomic E-state index is 9.54. The smallest absolute Gasteiger partial charge is 0.223 e. The second-order valence-corrected chi connectivity index (χ2v) is 5.41. The molecule has 5 nitrogen and oxygen atoms in total. The molecule has 0 saturated heterocycles. The number of nitrogens with zero attached hydrogens (tertiary/aromatic N) is 4. The minimum absolute atomic E-state index is 0.302. The molecule has 5 heteroatoms. The van der Waals surface area contributed by atoms with Crippen molar-refractivity contribution in [3.8, 4) is 6.07 Å². The SMILES string of the molecule is CCCC(C)Nc1ncc(C)c(C(C#N)c2ccccn2)n1. The van der Waals surface area contributed by atoms with Crippen molar-refractivity contribution in [3.05, 3.63) is 47.5 Å². The minimum Gasteiger partial charge on any atom is -0.352 e. The van der Waals surface area contributed by atoms with Crippen LogP contribution in [0.15, 0.2) is 30.6 Å². The van der Waals surface area contributed by atoms with Crippen molar-refractivity contribution in [2.45, 2.75) is 45.6 Å². The number of nitrogens with one attached hydrogen (secondary N) is 1. The monoisotopic (exact) mass is 295 g/mol. The van der Waals surface area contributed by atoms with Gasteiger partial charge in [0.1, 0.15) is 5.92 Å². The third-order valence-corrected chi connectivity index (χ3v) is 3.49. The zero-order chi connectivity index (χ0) is 15.9. The van der Waals surface area contributed by atoms with Crippen molar-refractivity contribution < 1.29 is 0 Å². The van der Waals surface area contributed by atoms with Crippen LogP contribution >= 0.6 is 0 Å². The molecule has 0 aliphatic heterocycles. The van der Waals surface area contributed by atoms with E-state index in [-0.39, 0.29) is 0 Å². The Morgan fingerprint density at radius 1 is 1.32 bits per heavy atom. The van der Waals surface area contributed by atoms with E-state index >= 15 is 0 Å². The molecule has 2 heterocycles. The molecule has 0 spiro atoms. The minimum atomic E-state index is -0.480. The lowest BCUT2D eigenvalue weighted by molar-refractivity contribution is 0.682. The topological polar surface area (TPSA) is 74.5 Å². The largest absolute Gasteiger partial charge is 0.352 e. The fraction of sp³-hybridized carbons (Fsp3) is 0.412. The molecule has 0 aliphatic rings. The summed E-state index contributed by atoms with van der Waals surface area (Å²) in [4.78, 5) is 13.2. The number of nitriles is 1. The molecule has 0 amide bonds. The Labute approximate surface area is 131 Å². The van der Waals surface area contributed by atoms with Crippen molar-refractivity contribution >= 4 is 5.95 Å². The Bertz CT molecular complexity index is 648. The summed E-state index contributed by atoms with van der Waals surface area (Å²) in [5.41, 5.74) is 2.31. The van der Waals surface area contributed by atoms with Crippen LogP contribution in [0.3, 0.4) is 0 Å². The van der Waals surface area contributed by atoms with Crippen LogP contribution in [0.4, 0.5) is 5.95 Å². The Hall–Kier alpha value is -2.48. The van der Waals surface area contributed by atoms with Crippen LogP contribution in [0.5, 0.6) is 0 Å². The molecule has 114 valence electrons. The Balaban J connectivity index is 2.31. The van der Waals surface area contributed by atoms with E-state index in [1.807, 2.05) is 25.1 Å². The highest BCUT2D eigenvalue weighted by Crippen LogP contribution is 2.24. The first-order valence-corrected chi connectivity index (χ1v) is 7.56. The van der Waals surface area contributed by atoms with E-state index < -0.39 is 5.92 Å². The van der Waals surface area contributed by atoms with Gasteiger partial charge in [-0.05, 0) is 38.0 Å². The number of hydrogen-bond acceptors (Lipinski definition) is 5. The fourth-order valence-corrected chi connectivity index (χ4v) is 2.36. The average Bonchev–Trinajstić information content (AvgIpc) is 2.52. The van der Waals surface area contributed by atoms with Crippen LogP contribution in [0, 0.1) is 18.3 Å². The summed E-state index contributed by atoms with van der Waals surface area (Å²) in [5, 5.41) is 12.8. The first kappa shape index (κ1) is 15.9. The normalized spacial score (nSPS) is 13.2. The van der Waals surface area contributed by atoms with Crippen molar-refractivity contribution in [2.75, 3.05) is 5.32 Å². The van der Waals surface area contributed by atoms with Gasteiger partial charge in [-0.3, -0.25) is 4.98 Å². The molecule has 2 atom stereocenters. The number of hydrogen-bond donors (Lipinski definition) is 1. The summed E-state index contributed by atoms with van der Waals surface area (Å²) in [7, 11) is 0. The first-order chi connectivity index (χ1) is 10.7. The molecular formula is C17H21N5. The van der Waals surface area contributed by atoms with E-state index in [2.05, 4.69) is 40.2 Å². The number of rotatable bonds is 6. The van der Waals surface area contributed by atoms with Gasteiger partial charge in [-0.1, -0.05) is 19.4 Å². The second kappa shape index (κ2) is 7.51. The highest BCUT2D eigenvalue weighted by atomic mass is 15.1. The van der Waals surface area contributed by atoms with Gasteiger partial charge in [0, 0.05) is 18.4 Å². The summed E-state index contributed by atoms with van der Waals surface area (Å²) in [5.74, 6) is 0.0870. The Morgan fingerprint density at radius 3 is 2.77 bits per heavy atom. The van der Waals surface area contributed by atoms with Gasteiger partial charge in [0.05, 0.1) is 17.5 Å². The van der Waals surface area contributed by atoms with Gasteiger partial charge in [-0.25, -0.2) is 9.97 Å². The molecule has 0 aliphatic carbocycles. The summed E-state index contributed by atoms with van der Waals surface area (Å²) < 4.78 is 0. The van der Waals surface area contributed by atoms with Crippen LogP contribution in [-0.4, -0.2) is 21.0 Å². The molecule has 2 rings (SSSR count). The molecule has 0 radical (unpaired) electrons. The zero-order valence-corrected chi connectivity index (χ0v) is 13.2. The number of anilines is 1. The number of aromatic nitrogens is 3. The van der Waals surface area contributed by atoms with Gasteiger partial charge in [0.25, 0.3) is 0 Å². The van der Waals surface area contributed by atoms with Gasteiger partial charge in [0.15, 0.2) is 0 Å².